The Hall–Kier alpha value is -1.40. The molecule has 0 spiro atoms. The molecule has 0 unspecified atom stereocenters. The van der Waals surface area contributed by atoms with Crippen molar-refractivity contribution in [1.29, 1.82) is 0 Å². The molecule has 2 heterocycles. The summed E-state index contributed by atoms with van der Waals surface area (Å²) in [5, 5.41) is 18.9. The zero-order valence-electron chi connectivity index (χ0n) is 7.40. The normalized spacial score (nSPS) is 10.9. The summed E-state index contributed by atoms with van der Waals surface area (Å²) in [5.41, 5.74) is 9.33. The molecule has 76 valence electrons. The summed E-state index contributed by atoms with van der Waals surface area (Å²) in [7, 11) is 0. The van der Waals surface area contributed by atoms with Crippen molar-refractivity contribution in [3.8, 4) is 5.88 Å². The number of hydrogen-bond donors (Lipinski definition) is 4. The molecule has 2 aromatic rings. The van der Waals surface area contributed by atoms with Gasteiger partial charge in [-0.3, -0.25) is 0 Å². The number of aromatic hydroxyl groups is 1. The van der Waals surface area contributed by atoms with Gasteiger partial charge >= 0.3 is 0 Å². The smallest absolute Gasteiger partial charge is 0.211 e. The van der Waals surface area contributed by atoms with Crippen LogP contribution < -0.4 is 11.2 Å². The van der Waals surface area contributed by atoms with Crippen molar-refractivity contribution in [1.82, 2.24) is 4.68 Å². The van der Waals surface area contributed by atoms with Gasteiger partial charge in [-0.2, -0.15) is 0 Å². The lowest BCUT2D eigenvalue weighted by atomic mass is 10.5. The SMILES string of the molecule is Nc1cc2c(cc(O)n2NCCO)s1. The molecule has 0 aromatic carbocycles. The first-order valence-electron chi connectivity index (χ1n) is 4.17. The molecule has 0 aliphatic carbocycles. The lowest BCUT2D eigenvalue weighted by Crippen LogP contribution is -2.17. The first-order chi connectivity index (χ1) is 6.72. The fourth-order valence-corrected chi connectivity index (χ4v) is 2.17. The zero-order chi connectivity index (χ0) is 10.1. The number of aliphatic hydroxyl groups excluding tert-OH is 1. The van der Waals surface area contributed by atoms with Crippen molar-refractivity contribution >= 4 is 26.6 Å². The molecule has 0 radical (unpaired) electrons. The standard InChI is InChI=1S/C8H11N3O2S/c9-7-3-5-6(14-7)4-8(13)11(5)10-1-2-12/h3-4,10,12-13H,1-2,9H2. The molecule has 0 fully saturated rings. The Labute approximate surface area is 84.4 Å². The topological polar surface area (TPSA) is 83.4 Å². The van der Waals surface area contributed by atoms with Crippen molar-refractivity contribution in [3.63, 3.8) is 0 Å². The van der Waals surface area contributed by atoms with Crippen LogP contribution in [0.25, 0.3) is 10.2 Å². The van der Waals surface area contributed by atoms with Gasteiger partial charge in [-0.25, -0.2) is 4.68 Å². The summed E-state index contributed by atoms with van der Waals surface area (Å²) in [6.45, 7) is 0.395. The van der Waals surface area contributed by atoms with Crippen LogP contribution in [0.1, 0.15) is 0 Å². The van der Waals surface area contributed by atoms with Crippen LogP contribution >= 0.6 is 11.3 Å². The van der Waals surface area contributed by atoms with E-state index >= 15 is 0 Å². The second kappa shape index (κ2) is 3.39. The number of fused-ring (bicyclic) bond motifs is 1. The van der Waals surface area contributed by atoms with Crippen LogP contribution in [-0.2, 0) is 0 Å². The molecule has 0 aliphatic heterocycles. The largest absolute Gasteiger partial charge is 0.493 e. The van der Waals surface area contributed by atoms with E-state index in [4.69, 9.17) is 10.8 Å². The highest BCUT2D eigenvalue weighted by atomic mass is 32.1. The highest BCUT2D eigenvalue weighted by Crippen LogP contribution is 2.32. The third kappa shape index (κ3) is 1.38. The average Bonchev–Trinajstić information content (AvgIpc) is 2.58. The number of aliphatic hydroxyl groups is 1. The second-order valence-corrected chi connectivity index (χ2v) is 3.98. The van der Waals surface area contributed by atoms with E-state index in [1.807, 2.05) is 0 Å². The molecule has 0 bridgehead atoms. The van der Waals surface area contributed by atoms with Gasteiger partial charge in [0.2, 0.25) is 5.88 Å². The summed E-state index contributed by atoms with van der Waals surface area (Å²) >= 11 is 1.42. The molecule has 2 rings (SSSR count). The van der Waals surface area contributed by atoms with Crippen LogP contribution in [0, 0.1) is 0 Å². The number of nitrogens with one attached hydrogen (secondary N) is 1. The van der Waals surface area contributed by atoms with E-state index in [1.54, 1.807) is 12.1 Å². The summed E-state index contributed by atoms with van der Waals surface area (Å²) in [4.78, 5) is 0. The van der Waals surface area contributed by atoms with Gasteiger partial charge in [-0.05, 0) is 6.07 Å². The van der Waals surface area contributed by atoms with Gasteiger partial charge in [0.05, 0.1) is 28.4 Å². The number of nitrogens with two attached hydrogens (primary N) is 1. The van der Waals surface area contributed by atoms with E-state index in [0.29, 0.717) is 11.5 Å². The summed E-state index contributed by atoms with van der Waals surface area (Å²) < 4.78 is 2.43. The van der Waals surface area contributed by atoms with Gasteiger partial charge in [-0.1, -0.05) is 0 Å². The summed E-state index contributed by atoms with van der Waals surface area (Å²) in [5.74, 6) is 0.125. The minimum absolute atomic E-state index is 0.0126. The molecular weight excluding hydrogens is 202 g/mol. The maximum Gasteiger partial charge on any atom is 0.211 e. The Balaban J connectivity index is 2.43. The molecule has 0 aliphatic rings. The van der Waals surface area contributed by atoms with Gasteiger partial charge in [0, 0.05) is 6.07 Å². The molecular formula is C8H11N3O2S. The molecule has 0 saturated carbocycles. The highest BCUT2D eigenvalue weighted by molar-refractivity contribution is 7.22. The first kappa shape index (κ1) is 9.17. The number of anilines is 1. The van der Waals surface area contributed by atoms with Crippen molar-refractivity contribution in [2.75, 3.05) is 24.3 Å². The summed E-state index contributed by atoms with van der Waals surface area (Å²) in [6.07, 6.45) is 0. The Morgan fingerprint density at radius 1 is 1.50 bits per heavy atom. The Kier molecular flexibility index (Phi) is 2.22. The average molecular weight is 213 g/mol. The van der Waals surface area contributed by atoms with Crippen LogP contribution in [0.15, 0.2) is 12.1 Å². The third-order valence-corrected chi connectivity index (χ3v) is 2.77. The second-order valence-electron chi connectivity index (χ2n) is 2.87. The van der Waals surface area contributed by atoms with E-state index in [9.17, 15) is 5.11 Å². The van der Waals surface area contributed by atoms with Crippen LogP contribution in [-0.4, -0.2) is 28.0 Å². The van der Waals surface area contributed by atoms with E-state index in [1.165, 1.54) is 16.0 Å². The quantitative estimate of drug-likeness (QED) is 0.599. The lowest BCUT2D eigenvalue weighted by molar-refractivity contribution is 0.305. The van der Waals surface area contributed by atoms with Crippen molar-refractivity contribution in [3.05, 3.63) is 12.1 Å². The molecule has 5 nitrogen and oxygen atoms in total. The van der Waals surface area contributed by atoms with Crippen LogP contribution in [0.2, 0.25) is 0 Å². The molecule has 2 aromatic heterocycles. The third-order valence-electron chi connectivity index (χ3n) is 1.87. The van der Waals surface area contributed by atoms with E-state index in [2.05, 4.69) is 5.43 Å². The Morgan fingerprint density at radius 2 is 2.29 bits per heavy atom. The number of nitrogen functional groups attached to an aromatic ring is 1. The van der Waals surface area contributed by atoms with E-state index < -0.39 is 0 Å². The van der Waals surface area contributed by atoms with E-state index in [-0.39, 0.29) is 12.5 Å². The monoisotopic (exact) mass is 213 g/mol. The van der Waals surface area contributed by atoms with Gasteiger partial charge in [-0.15, -0.1) is 11.3 Å². The maximum atomic E-state index is 9.53. The lowest BCUT2D eigenvalue weighted by Gasteiger charge is -2.07. The number of thiophene rings is 1. The Morgan fingerprint density at radius 3 is 3.00 bits per heavy atom. The number of rotatable bonds is 3. The van der Waals surface area contributed by atoms with Crippen LogP contribution in [0.3, 0.4) is 0 Å². The number of aromatic nitrogens is 1. The van der Waals surface area contributed by atoms with E-state index in [0.717, 1.165) is 10.2 Å². The molecule has 5 N–H and O–H groups in total. The number of hydrogen-bond acceptors (Lipinski definition) is 5. The van der Waals surface area contributed by atoms with Crippen molar-refractivity contribution in [2.45, 2.75) is 0 Å². The molecule has 0 saturated heterocycles. The minimum Gasteiger partial charge on any atom is -0.493 e. The minimum atomic E-state index is 0.0126. The van der Waals surface area contributed by atoms with Gasteiger partial charge in [0.1, 0.15) is 0 Å². The van der Waals surface area contributed by atoms with Crippen LogP contribution in [0.4, 0.5) is 5.00 Å². The van der Waals surface area contributed by atoms with Gasteiger partial charge in [0.25, 0.3) is 0 Å². The predicted octanol–water partition coefficient (Wildman–Crippen LogP) is 0.526. The number of nitrogens with zero attached hydrogens (tertiary/aromatic N) is 1. The molecule has 0 amide bonds. The van der Waals surface area contributed by atoms with Crippen molar-refractivity contribution < 1.29 is 10.2 Å². The molecule has 0 atom stereocenters. The maximum absolute atomic E-state index is 9.53. The predicted molar refractivity (Wildman–Crippen MR) is 57.2 cm³/mol. The van der Waals surface area contributed by atoms with Crippen LogP contribution in [0.5, 0.6) is 5.88 Å². The fourth-order valence-electron chi connectivity index (χ4n) is 1.33. The summed E-state index contributed by atoms with van der Waals surface area (Å²) in [6, 6.07) is 3.42. The van der Waals surface area contributed by atoms with Gasteiger partial charge in [0.15, 0.2) is 0 Å². The zero-order valence-corrected chi connectivity index (χ0v) is 8.21. The fraction of sp³-hybridized carbons (Fsp3) is 0.250. The van der Waals surface area contributed by atoms with Gasteiger partial charge < -0.3 is 21.4 Å². The Bertz CT molecular complexity index is 449. The highest BCUT2D eigenvalue weighted by Gasteiger charge is 2.09. The molecule has 14 heavy (non-hydrogen) atoms. The van der Waals surface area contributed by atoms with Crippen molar-refractivity contribution in [2.24, 2.45) is 0 Å². The first-order valence-corrected chi connectivity index (χ1v) is 4.98. The molecule has 6 heteroatoms.